The molecule has 16 heavy (non-hydrogen) atoms. The van der Waals surface area contributed by atoms with Crippen molar-refractivity contribution < 1.29 is 0 Å². The van der Waals surface area contributed by atoms with Crippen LogP contribution in [0, 0.1) is 22.7 Å². The van der Waals surface area contributed by atoms with Crippen LogP contribution in [0.5, 0.6) is 0 Å². The highest BCUT2D eigenvalue weighted by molar-refractivity contribution is 4.92. The van der Waals surface area contributed by atoms with Gasteiger partial charge in [0.15, 0.2) is 0 Å². The molecule has 3 heteroatoms. The zero-order valence-electron chi connectivity index (χ0n) is 10.9. The Hall–Kier alpha value is -0.590. The summed E-state index contributed by atoms with van der Waals surface area (Å²) in [6, 6.07) is 2.69. The summed E-state index contributed by atoms with van der Waals surface area (Å²) in [6.07, 6.45) is 3.39. The summed E-state index contributed by atoms with van der Waals surface area (Å²) < 4.78 is 0. The maximum absolute atomic E-state index is 8.95. The quantitative estimate of drug-likeness (QED) is 0.793. The number of likely N-dealkylation sites (tertiary alicyclic amines) is 1. The van der Waals surface area contributed by atoms with Gasteiger partial charge < -0.3 is 10.6 Å². The second kappa shape index (κ2) is 5.65. The first-order chi connectivity index (χ1) is 7.44. The van der Waals surface area contributed by atoms with Crippen molar-refractivity contribution >= 4 is 0 Å². The topological polar surface area (TPSA) is 53.0 Å². The molecule has 1 atom stereocenters. The molecule has 1 fully saturated rings. The Morgan fingerprint density at radius 3 is 2.44 bits per heavy atom. The van der Waals surface area contributed by atoms with Crippen LogP contribution in [0.2, 0.25) is 0 Å². The van der Waals surface area contributed by atoms with E-state index in [1.807, 2.05) is 13.8 Å². The second-order valence-electron chi connectivity index (χ2n) is 5.78. The lowest BCUT2D eigenvalue weighted by molar-refractivity contribution is 0.159. The van der Waals surface area contributed by atoms with Crippen LogP contribution in [0.3, 0.4) is 0 Å². The van der Waals surface area contributed by atoms with Gasteiger partial charge in [-0.15, -0.1) is 0 Å². The molecule has 0 aromatic rings. The van der Waals surface area contributed by atoms with Crippen molar-refractivity contribution in [3.63, 3.8) is 0 Å². The molecule has 1 aliphatic rings. The first kappa shape index (κ1) is 13.5. The van der Waals surface area contributed by atoms with E-state index in [1.165, 1.54) is 12.8 Å². The van der Waals surface area contributed by atoms with Crippen molar-refractivity contribution in [2.45, 2.75) is 46.1 Å². The Bertz CT molecular complexity index is 244. The van der Waals surface area contributed by atoms with E-state index in [1.54, 1.807) is 0 Å². The van der Waals surface area contributed by atoms with Crippen molar-refractivity contribution in [3.8, 4) is 6.07 Å². The standard InChI is InChI=1S/C13H25N3/c1-11(15)12-4-7-16(8-5-12)9-6-13(2,3)10-14/h11-12H,4-9,15H2,1-3H3. The largest absolute Gasteiger partial charge is 0.328 e. The molecular formula is C13H25N3. The van der Waals surface area contributed by atoms with Gasteiger partial charge in [0.25, 0.3) is 0 Å². The minimum atomic E-state index is -0.183. The van der Waals surface area contributed by atoms with Gasteiger partial charge in [-0.2, -0.15) is 5.26 Å². The van der Waals surface area contributed by atoms with Gasteiger partial charge in [0.1, 0.15) is 0 Å². The molecule has 2 N–H and O–H groups in total. The minimum Gasteiger partial charge on any atom is -0.328 e. The molecule has 0 aliphatic carbocycles. The van der Waals surface area contributed by atoms with Gasteiger partial charge in [-0.25, -0.2) is 0 Å². The Labute approximate surface area is 99.6 Å². The van der Waals surface area contributed by atoms with Crippen LogP contribution in [0.25, 0.3) is 0 Å². The van der Waals surface area contributed by atoms with E-state index >= 15 is 0 Å². The van der Waals surface area contributed by atoms with E-state index in [0.29, 0.717) is 12.0 Å². The fourth-order valence-electron chi connectivity index (χ4n) is 2.20. The maximum atomic E-state index is 8.95. The van der Waals surface area contributed by atoms with Crippen LogP contribution in [-0.2, 0) is 0 Å². The third-order valence-corrected chi connectivity index (χ3v) is 3.73. The molecule has 1 unspecified atom stereocenters. The lowest BCUT2D eigenvalue weighted by atomic mass is 9.88. The fraction of sp³-hybridized carbons (Fsp3) is 0.923. The zero-order chi connectivity index (χ0) is 12.2. The molecule has 0 amide bonds. The van der Waals surface area contributed by atoms with Gasteiger partial charge in [0.05, 0.1) is 11.5 Å². The number of hydrogen-bond acceptors (Lipinski definition) is 3. The molecule has 3 nitrogen and oxygen atoms in total. The summed E-state index contributed by atoms with van der Waals surface area (Å²) in [5.41, 5.74) is 5.73. The molecule has 0 radical (unpaired) electrons. The van der Waals surface area contributed by atoms with E-state index in [9.17, 15) is 0 Å². The summed E-state index contributed by atoms with van der Waals surface area (Å²) in [4.78, 5) is 2.47. The van der Waals surface area contributed by atoms with Crippen molar-refractivity contribution in [1.29, 1.82) is 5.26 Å². The summed E-state index contributed by atoms with van der Waals surface area (Å²) in [7, 11) is 0. The molecular weight excluding hydrogens is 198 g/mol. The van der Waals surface area contributed by atoms with Gasteiger partial charge in [-0.3, -0.25) is 0 Å². The lowest BCUT2D eigenvalue weighted by Gasteiger charge is -2.34. The Kier molecular flexibility index (Phi) is 4.76. The Balaban J connectivity index is 2.26. The number of rotatable bonds is 4. The highest BCUT2D eigenvalue weighted by Gasteiger charge is 2.23. The average Bonchev–Trinajstić information content (AvgIpc) is 2.27. The first-order valence-electron chi connectivity index (χ1n) is 6.34. The summed E-state index contributed by atoms with van der Waals surface area (Å²) >= 11 is 0. The molecule has 0 aromatic carbocycles. The number of nitriles is 1. The predicted octanol–water partition coefficient (Wildman–Crippen LogP) is 1.99. The smallest absolute Gasteiger partial charge is 0.0684 e. The zero-order valence-corrected chi connectivity index (χ0v) is 10.9. The van der Waals surface area contributed by atoms with E-state index < -0.39 is 0 Å². The van der Waals surface area contributed by atoms with Crippen molar-refractivity contribution in [3.05, 3.63) is 0 Å². The van der Waals surface area contributed by atoms with Gasteiger partial charge in [0.2, 0.25) is 0 Å². The third-order valence-electron chi connectivity index (χ3n) is 3.73. The highest BCUT2D eigenvalue weighted by Crippen LogP contribution is 2.23. The minimum absolute atomic E-state index is 0.183. The molecule has 1 rings (SSSR count). The van der Waals surface area contributed by atoms with E-state index in [-0.39, 0.29) is 5.41 Å². The summed E-state index contributed by atoms with van der Waals surface area (Å²) in [5.74, 6) is 0.695. The predicted molar refractivity (Wildman–Crippen MR) is 66.8 cm³/mol. The molecule has 0 saturated carbocycles. The van der Waals surface area contributed by atoms with Gasteiger partial charge in [-0.1, -0.05) is 0 Å². The number of hydrogen-bond donors (Lipinski definition) is 1. The monoisotopic (exact) mass is 223 g/mol. The van der Waals surface area contributed by atoms with Crippen LogP contribution >= 0.6 is 0 Å². The van der Waals surface area contributed by atoms with E-state index in [0.717, 1.165) is 26.1 Å². The second-order valence-corrected chi connectivity index (χ2v) is 5.78. The van der Waals surface area contributed by atoms with Crippen molar-refractivity contribution in [1.82, 2.24) is 4.90 Å². The lowest BCUT2D eigenvalue weighted by Crippen LogP contribution is -2.40. The van der Waals surface area contributed by atoms with E-state index in [4.69, 9.17) is 11.0 Å². The molecule has 0 aromatic heterocycles. The Morgan fingerprint density at radius 1 is 1.44 bits per heavy atom. The van der Waals surface area contributed by atoms with E-state index in [2.05, 4.69) is 17.9 Å². The first-order valence-corrected chi connectivity index (χ1v) is 6.34. The Morgan fingerprint density at radius 2 is 2.00 bits per heavy atom. The summed E-state index contributed by atoms with van der Waals surface area (Å²) in [5, 5.41) is 8.95. The average molecular weight is 223 g/mol. The molecule has 1 aliphatic heterocycles. The third kappa shape index (κ3) is 4.11. The fourth-order valence-corrected chi connectivity index (χ4v) is 2.20. The number of nitrogens with zero attached hydrogens (tertiary/aromatic N) is 2. The normalized spacial score (nSPS) is 21.7. The molecule has 1 saturated heterocycles. The van der Waals surface area contributed by atoms with Crippen molar-refractivity contribution in [2.24, 2.45) is 17.1 Å². The van der Waals surface area contributed by atoms with Crippen LogP contribution in [0.15, 0.2) is 0 Å². The van der Waals surface area contributed by atoms with Crippen molar-refractivity contribution in [2.75, 3.05) is 19.6 Å². The molecule has 92 valence electrons. The van der Waals surface area contributed by atoms with Crippen LogP contribution in [-0.4, -0.2) is 30.6 Å². The maximum Gasteiger partial charge on any atom is 0.0684 e. The number of nitrogens with two attached hydrogens (primary N) is 1. The summed E-state index contributed by atoms with van der Waals surface area (Å²) in [6.45, 7) is 9.48. The number of piperidine rings is 1. The molecule has 1 heterocycles. The van der Waals surface area contributed by atoms with Crippen LogP contribution < -0.4 is 5.73 Å². The molecule has 0 spiro atoms. The SMILES string of the molecule is CC(N)C1CCN(CCC(C)(C)C#N)CC1. The van der Waals surface area contributed by atoms with Gasteiger partial charge >= 0.3 is 0 Å². The van der Waals surface area contributed by atoms with Gasteiger partial charge in [-0.05, 0) is 65.6 Å². The van der Waals surface area contributed by atoms with Gasteiger partial charge in [0, 0.05) is 6.04 Å². The molecule has 0 bridgehead atoms. The van der Waals surface area contributed by atoms with Crippen LogP contribution in [0.1, 0.15) is 40.0 Å². The van der Waals surface area contributed by atoms with Crippen LogP contribution in [0.4, 0.5) is 0 Å². The highest BCUT2D eigenvalue weighted by atomic mass is 15.1.